The average molecular weight is 512 g/mol. The number of ether oxygens (including phenoxy) is 1. The van der Waals surface area contributed by atoms with Crippen molar-refractivity contribution < 1.29 is 19.1 Å². The molecule has 3 amide bonds. The predicted octanol–water partition coefficient (Wildman–Crippen LogP) is 2.79. The van der Waals surface area contributed by atoms with Gasteiger partial charge in [-0.3, -0.25) is 20.0 Å². The third-order valence-electron chi connectivity index (χ3n) is 6.04. The Labute approximate surface area is 220 Å². The van der Waals surface area contributed by atoms with Gasteiger partial charge in [0, 0.05) is 24.7 Å². The van der Waals surface area contributed by atoms with Gasteiger partial charge in [-0.05, 0) is 34.0 Å². The minimum Gasteiger partial charge on any atom is -0.445 e. The molecule has 0 radical (unpaired) electrons. The Balaban J connectivity index is 1.54. The first-order valence-electron chi connectivity index (χ1n) is 12.2. The van der Waals surface area contributed by atoms with Crippen LogP contribution in [-0.2, 0) is 33.8 Å². The molecule has 194 valence electrons. The number of nitrogens with two attached hydrogens (primary N) is 1. The highest BCUT2D eigenvalue weighted by molar-refractivity contribution is 5.92. The SMILES string of the molecule is NNC(=O)C(Cc1ccccn1)NC(=O)[C@H](Cc1cccc2ccccc12)NC(=O)OCc1ccccc1. The molecule has 1 aromatic heterocycles. The summed E-state index contributed by atoms with van der Waals surface area (Å²) in [5, 5.41) is 7.36. The topological polar surface area (TPSA) is 135 Å². The van der Waals surface area contributed by atoms with Crippen molar-refractivity contribution in [3.63, 3.8) is 0 Å². The molecule has 38 heavy (non-hydrogen) atoms. The van der Waals surface area contributed by atoms with E-state index in [0.29, 0.717) is 5.69 Å². The molecule has 1 heterocycles. The Morgan fingerprint density at radius 3 is 2.24 bits per heavy atom. The summed E-state index contributed by atoms with van der Waals surface area (Å²) in [6.07, 6.45) is 1.14. The van der Waals surface area contributed by atoms with Crippen molar-refractivity contribution in [1.82, 2.24) is 21.0 Å². The molecule has 0 aliphatic heterocycles. The van der Waals surface area contributed by atoms with Crippen molar-refractivity contribution in [1.29, 1.82) is 0 Å². The minimum atomic E-state index is -1.03. The smallest absolute Gasteiger partial charge is 0.408 e. The summed E-state index contributed by atoms with van der Waals surface area (Å²) in [6, 6.07) is 26.0. The fraction of sp³-hybridized carbons (Fsp3) is 0.172. The largest absolute Gasteiger partial charge is 0.445 e. The van der Waals surface area contributed by atoms with Crippen LogP contribution in [-0.4, -0.2) is 35.0 Å². The lowest BCUT2D eigenvalue weighted by Crippen LogP contribution is -2.56. The molecule has 0 aliphatic carbocycles. The van der Waals surface area contributed by atoms with Gasteiger partial charge in [-0.2, -0.15) is 0 Å². The molecule has 4 aromatic rings. The number of hydrazine groups is 1. The molecular formula is C29H29N5O4. The summed E-state index contributed by atoms with van der Waals surface area (Å²) < 4.78 is 5.36. The molecule has 5 N–H and O–H groups in total. The van der Waals surface area contributed by atoms with E-state index in [1.54, 1.807) is 24.4 Å². The molecule has 9 nitrogen and oxygen atoms in total. The van der Waals surface area contributed by atoms with Crippen molar-refractivity contribution in [3.8, 4) is 0 Å². The number of pyridine rings is 1. The minimum absolute atomic E-state index is 0.0488. The van der Waals surface area contributed by atoms with E-state index >= 15 is 0 Å². The molecule has 9 heteroatoms. The predicted molar refractivity (Wildman–Crippen MR) is 143 cm³/mol. The van der Waals surface area contributed by atoms with Gasteiger partial charge in [0.05, 0.1) is 0 Å². The van der Waals surface area contributed by atoms with Gasteiger partial charge in [0.2, 0.25) is 5.91 Å². The van der Waals surface area contributed by atoms with E-state index in [-0.39, 0.29) is 19.4 Å². The highest BCUT2D eigenvalue weighted by atomic mass is 16.5. The fourth-order valence-corrected chi connectivity index (χ4v) is 4.12. The van der Waals surface area contributed by atoms with Gasteiger partial charge in [-0.15, -0.1) is 0 Å². The summed E-state index contributed by atoms with van der Waals surface area (Å²) in [6.45, 7) is 0.0488. The van der Waals surface area contributed by atoms with E-state index in [0.717, 1.165) is 21.9 Å². The number of amides is 3. The van der Waals surface area contributed by atoms with Crippen LogP contribution in [0.4, 0.5) is 4.79 Å². The van der Waals surface area contributed by atoms with E-state index in [2.05, 4.69) is 21.0 Å². The summed E-state index contributed by atoms with van der Waals surface area (Å²) in [7, 11) is 0. The van der Waals surface area contributed by atoms with Gasteiger partial charge in [0.1, 0.15) is 18.7 Å². The Kier molecular flexibility index (Phi) is 8.98. The van der Waals surface area contributed by atoms with Gasteiger partial charge in [-0.1, -0.05) is 78.9 Å². The maximum atomic E-state index is 13.5. The molecule has 0 fully saturated rings. The fourth-order valence-electron chi connectivity index (χ4n) is 4.12. The zero-order valence-electron chi connectivity index (χ0n) is 20.7. The van der Waals surface area contributed by atoms with Crippen molar-refractivity contribution in [2.45, 2.75) is 31.5 Å². The van der Waals surface area contributed by atoms with E-state index in [1.165, 1.54) is 0 Å². The summed E-state index contributed by atoms with van der Waals surface area (Å²) in [5.74, 6) is 4.24. The second-order valence-electron chi connectivity index (χ2n) is 8.70. The van der Waals surface area contributed by atoms with Crippen LogP contribution < -0.4 is 21.9 Å². The zero-order valence-corrected chi connectivity index (χ0v) is 20.7. The van der Waals surface area contributed by atoms with Crippen molar-refractivity contribution in [2.24, 2.45) is 5.84 Å². The van der Waals surface area contributed by atoms with Crippen molar-refractivity contribution >= 4 is 28.7 Å². The number of nitrogens with one attached hydrogen (secondary N) is 3. The number of nitrogens with zero attached hydrogens (tertiary/aromatic N) is 1. The van der Waals surface area contributed by atoms with Gasteiger partial charge < -0.3 is 15.4 Å². The zero-order chi connectivity index (χ0) is 26.7. The molecule has 4 rings (SSSR count). The van der Waals surface area contributed by atoms with E-state index in [1.807, 2.05) is 72.8 Å². The molecule has 0 bridgehead atoms. The summed E-state index contributed by atoms with van der Waals surface area (Å²) >= 11 is 0. The Morgan fingerprint density at radius 1 is 0.763 bits per heavy atom. The standard InChI is InChI=1S/C29H29N5O4/c30-34-28(36)26(18-23-14-6-7-16-31-23)32-27(35)25(33-29(37)38-19-20-9-2-1-3-10-20)17-22-13-8-12-21-11-4-5-15-24(21)22/h1-16,25-26H,17-19,30H2,(H,32,35)(H,33,37)(H,34,36)/t25-,26?/m0/s1. The number of fused-ring (bicyclic) bond motifs is 1. The molecular weight excluding hydrogens is 482 g/mol. The van der Waals surface area contributed by atoms with Crippen LogP contribution in [0.1, 0.15) is 16.8 Å². The van der Waals surface area contributed by atoms with Crippen molar-refractivity contribution in [3.05, 3.63) is 114 Å². The lowest BCUT2D eigenvalue weighted by molar-refractivity contribution is -0.130. The lowest BCUT2D eigenvalue weighted by Gasteiger charge is -2.23. The number of rotatable bonds is 10. The summed E-state index contributed by atoms with van der Waals surface area (Å²) in [4.78, 5) is 42.9. The van der Waals surface area contributed by atoms with Gasteiger partial charge in [-0.25, -0.2) is 10.6 Å². The maximum absolute atomic E-state index is 13.5. The first-order valence-corrected chi connectivity index (χ1v) is 12.2. The van der Waals surface area contributed by atoms with E-state index in [9.17, 15) is 14.4 Å². The second-order valence-corrected chi connectivity index (χ2v) is 8.70. The van der Waals surface area contributed by atoms with Crippen LogP contribution in [0.25, 0.3) is 10.8 Å². The highest BCUT2D eigenvalue weighted by Gasteiger charge is 2.28. The maximum Gasteiger partial charge on any atom is 0.408 e. The number of hydrogen-bond acceptors (Lipinski definition) is 6. The van der Waals surface area contributed by atoms with Gasteiger partial charge in [0.15, 0.2) is 0 Å². The van der Waals surface area contributed by atoms with E-state index < -0.39 is 30.0 Å². The van der Waals surface area contributed by atoms with Crippen LogP contribution >= 0.6 is 0 Å². The van der Waals surface area contributed by atoms with Gasteiger partial charge in [0.25, 0.3) is 5.91 Å². The highest BCUT2D eigenvalue weighted by Crippen LogP contribution is 2.20. The molecule has 0 spiro atoms. The number of alkyl carbamates (subject to hydrolysis) is 1. The molecule has 0 saturated heterocycles. The molecule has 3 aromatic carbocycles. The average Bonchev–Trinajstić information content (AvgIpc) is 2.96. The van der Waals surface area contributed by atoms with Gasteiger partial charge >= 0.3 is 6.09 Å². The molecule has 1 unspecified atom stereocenters. The van der Waals surface area contributed by atoms with Crippen molar-refractivity contribution in [2.75, 3.05) is 0 Å². The Hall–Kier alpha value is -4.76. The number of aromatic nitrogens is 1. The number of benzene rings is 3. The first-order chi connectivity index (χ1) is 18.5. The molecule has 0 aliphatic rings. The van der Waals surface area contributed by atoms with Crippen LogP contribution in [0.2, 0.25) is 0 Å². The normalized spacial score (nSPS) is 12.2. The van der Waals surface area contributed by atoms with Crippen LogP contribution in [0.3, 0.4) is 0 Å². The third-order valence-corrected chi connectivity index (χ3v) is 6.04. The third kappa shape index (κ3) is 7.14. The monoisotopic (exact) mass is 511 g/mol. The Morgan fingerprint density at radius 2 is 1.47 bits per heavy atom. The quantitative estimate of drug-likeness (QED) is 0.147. The number of hydrogen-bond donors (Lipinski definition) is 4. The molecule has 0 saturated carbocycles. The lowest BCUT2D eigenvalue weighted by atomic mass is 9.98. The first kappa shape index (κ1) is 26.3. The number of carbonyl (C=O) groups excluding carboxylic acids is 3. The van der Waals surface area contributed by atoms with Crippen LogP contribution in [0, 0.1) is 0 Å². The van der Waals surface area contributed by atoms with E-state index in [4.69, 9.17) is 10.6 Å². The summed E-state index contributed by atoms with van der Waals surface area (Å²) in [5.41, 5.74) is 4.36. The number of carbonyl (C=O) groups is 3. The Bertz CT molecular complexity index is 1380. The second kappa shape index (κ2) is 13.0. The van der Waals surface area contributed by atoms with Crippen LogP contribution in [0.15, 0.2) is 97.2 Å². The van der Waals surface area contributed by atoms with Crippen LogP contribution in [0.5, 0.6) is 0 Å². The molecule has 2 atom stereocenters.